The fraction of sp³-hybridized carbons (Fsp3) is 0.455. The van der Waals surface area contributed by atoms with Crippen LogP contribution in [0.4, 0.5) is 0 Å². The van der Waals surface area contributed by atoms with Gasteiger partial charge in [0.05, 0.1) is 28.4 Å². The van der Waals surface area contributed by atoms with Gasteiger partial charge in [0.2, 0.25) is 0 Å². The molecule has 0 aliphatic heterocycles. The van der Waals surface area contributed by atoms with E-state index in [4.69, 9.17) is 18.9 Å². The average molecular weight is 419 g/mol. The lowest BCUT2D eigenvalue weighted by atomic mass is 10.2. The molecule has 2 aromatic carbocycles. The van der Waals surface area contributed by atoms with Crippen molar-refractivity contribution in [3.8, 4) is 0 Å². The number of hydrogen-bond acceptors (Lipinski definition) is 4. The standard InChI is InChI=1S/C22H34O4Si2/c1-23-17-25-15-19-11-7-9-13-21(19)27(3,4)28(5,6)22-14-10-8-12-20(22)16-26-18-24-2/h7-14H,15-18H2,1-6H3. The lowest BCUT2D eigenvalue weighted by molar-refractivity contribution is -0.0389. The molecule has 0 atom stereocenters. The van der Waals surface area contributed by atoms with Crippen LogP contribution in [0.3, 0.4) is 0 Å². The number of hydrogen-bond donors (Lipinski definition) is 0. The van der Waals surface area contributed by atoms with Crippen molar-refractivity contribution >= 4 is 25.6 Å². The van der Waals surface area contributed by atoms with Crippen molar-refractivity contribution in [3.63, 3.8) is 0 Å². The molecule has 0 aromatic heterocycles. The van der Waals surface area contributed by atoms with Gasteiger partial charge in [0.1, 0.15) is 13.6 Å². The molecule has 0 radical (unpaired) electrons. The van der Waals surface area contributed by atoms with E-state index in [0.717, 1.165) is 0 Å². The smallest absolute Gasteiger partial charge is 0.146 e. The Morgan fingerprint density at radius 1 is 0.607 bits per heavy atom. The maximum atomic E-state index is 5.69. The Hall–Kier alpha value is -1.29. The molecule has 0 aliphatic carbocycles. The summed E-state index contributed by atoms with van der Waals surface area (Å²) in [7, 11) is -0.289. The predicted molar refractivity (Wildman–Crippen MR) is 120 cm³/mol. The van der Waals surface area contributed by atoms with Crippen LogP contribution in [0.25, 0.3) is 0 Å². The van der Waals surface area contributed by atoms with Gasteiger partial charge in [-0.3, -0.25) is 0 Å². The van der Waals surface area contributed by atoms with Crippen LogP contribution in [-0.4, -0.2) is 43.0 Å². The molecule has 154 valence electrons. The highest BCUT2D eigenvalue weighted by molar-refractivity contribution is 7.50. The van der Waals surface area contributed by atoms with Crippen LogP contribution in [0.15, 0.2) is 48.5 Å². The van der Waals surface area contributed by atoms with E-state index in [-0.39, 0.29) is 0 Å². The maximum Gasteiger partial charge on any atom is 0.146 e. The molecule has 0 spiro atoms. The predicted octanol–water partition coefficient (Wildman–Crippen LogP) is 3.54. The molecule has 0 saturated carbocycles. The van der Waals surface area contributed by atoms with E-state index in [1.54, 1.807) is 14.2 Å². The van der Waals surface area contributed by atoms with Gasteiger partial charge in [0.25, 0.3) is 0 Å². The number of benzene rings is 2. The van der Waals surface area contributed by atoms with Crippen molar-refractivity contribution in [2.24, 2.45) is 0 Å². The van der Waals surface area contributed by atoms with Crippen molar-refractivity contribution in [1.29, 1.82) is 0 Å². The molecule has 0 bridgehead atoms. The van der Waals surface area contributed by atoms with Crippen molar-refractivity contribution in [1.82, 2.24) is 0 Å². The summed E-state index contributed by atoms with van der Waals surface area (Å²) in [5, 5.41) is 2.96. The van der Waals surface area contributed by atoms with Crippen molar-refractivity contribution in [2.45, 2.75) is 39.4 Å². The lowest BCUT2D eigenvalue weighted by Gasteiger charge is -2.41. The quantitative estimate of drug-likeness (QED) is 0.318. The number of rotatable bonds is 11. The molecule has 2 rings (SSSR count). The second kappa shape index (κ2) is 10.5. The Labute approximate surface area is 171 Å². The summed E-state index contributed by atoms with van der Waals surface area (Å²) < 4.78 is 21.5. The van der Waals surface area contributed by atoms with E-state index in [1.165, 1.54) is 21.5 Å². The molecule has 0 aliphatic rings. The van der Waals surface area contributed by atoms with Gasteiger partial charge in [-0.25, -0.2) is 0 Å². The van der Waals surface area contributed by atoms with Gasteiger partial charge in [-0.05, 0) is 11.1 Å². The molecular weight excluding hydrogens is 384 g/mol. The average Bonchev–Trinajstić information content (AvgIpc) is 2.69. The minimum Gasteiger partial charge on any atom is -0.359 e. The summed E-state index contributed by atoms with van der Waals surface area (Å²) >= 11 is 0. The van der Waals surface area contributed by atoms with Gasteiger partial charge in [-0.15, -0.1) is 0 Å². The second-order valence-electron chi connectivity index (χ2n) is 8.07. The van der Waals surface area contributed by atoms with Gasteiger partial charge in [0, 0.05) is 14.2 Å². The first-order valence-electron chi connectivity index (χ1n) is 9.66. The van der Waals surface area contributed by atoms with E-state index in [9.17, 15) is 0 Å². The highest BCUT2D eigenvalue weighted by Gasteiger charge is 2.45. The zero-order valence-corrected chi connectivity index (χ0v) is 20.1. The number of ether oxygens (including phenoxy) is 4. The first kappa shape index (κ1) is 23.0. The molecule has 0 fully saturated rings. The molecule has 0 saturated heterocycles. The van der Waals surface area contributed by atoms with Crippen molar-refractivity contribution in [2.75, 3.05) is 27.8 Å². The van der Waals surface area contributed by atoms with Crippen LogP contribution >= 0.6 is 0 Å². The topological polar surface area (TPSA) is 36.9 Å². The molecule has 0 amide bonds. The largest absolute Gasteiger partial charge is 0.359 e. The fourth-order valence-corrected chi connectivity index (χ4v) is 13.4. The summed E-state index contributed by atoms with van der Waals surface area (Å²) in [6, 6.07) is 17.5. The van der Waals surface area contributed by atoms with E-state index < -0.39 is 15.2 Å². The van der Waals surface area contributed by atoms with Crippen LogP contribution in [0.2, 0.25) is 26.2 Å². The highest BCUT2D eigenvalue weighted by Crippen LogP contribution is 2.23. The molecule has 6 heteroatoms. The summed E-state index contributed by atoms with van der Waals surface area (Å²) in [5.41, 5.74) is 2.56. The second-order valence-corrected chi connectivity index (χ2v) is 23.2. The van der Waals surface area contributed by atoms with E-state index in [2.05, 4.69) is 74.7 Å². The van der Waals surface area contributed by atoms with Crippen LogP contribution < -0.4 is 10.4 Å². The Morgan fingerprint density at radius 2 is 0.964 bits per heavy atom. The Morgan fingerprint density at radius 3 is 1.32 bits per heavy atom. The van der Waals surface area contributed by atoms with E-state index in [1.807, 2.05) is 0 Å². The third-order valence-electron chi connectivity index (χ3n) is 5.86. The highest BCUT2D eigenvalue weighted by atomic mass is 29.3. The Kier molecular flexibility index (Phi) is 8.61. The van der Waals surface area contributed by atoms with Crippen LogP contribution in [0.1, 0.15) is 11.1 Å². The Balaban J connectivity index is 2.40. The van der Waals surface area contributed by atoms with Crippen molar-refractivity contribution < 1.29 is 18.9 Å². The molecule has 0 unspecified atom stereocenters. The Bertz CT molecular complexity index is 683. The SMILES string of the molecule is COCOCc1ccccc1[Si](C)(C)[Si](C)(C)c1ccccc1COCOC. The summed E-state index contributed by atoms with van der Waals surface area (Å²) in [6.45, 7) is 11.8. The maximum absolute atomic E-state index is 5.69. The minimum atomic E-state index is -1.80. The van der Waals surface area contributed by atoms with Gasteiger partial charge < -0.3 is 18.9 Å². The van der Waals surface area contributed by atoms with Crippen LogP contribution in [-0.2, 0) is 32.2 Å². The zero-order chi connectivity index (χ0) is 20.6. The minimum absolute atomic E-state index is 0.316. The third kappa shape index (κ3) is 5.20. The molecule has 0 heterocycles. The van der Waals surface area contributed by atoms with E-state index >= 15 is 0 Å². The molecular formula is C22H34O4Si2. The van der Waals surface area contributed by atoms with Gasteiger partial charge in [-0.2, -0.15) is 0 Å². The number of methoxy groups -OCH3 is 2. The molecule has 28 heavy (non-hydrogen) atoms. The summed E-state index contributed by atoms with van der Waals surface area (Å²) in [6.07, 6.45) is 0. The summed E-state index contributed by atoms with van der Waals surface area (Å²) in [5.74, 6) is 0. The molecule has 4 nitrogen and oxygen atoms in total. The lowest BCUT2D eigenvalue weighted by Crippen LogP contribution is -2.70. The van der Waals surface area contributed by atoms with Crippen molar-refractivity contribution in [3.05, 3.63) is 59.7 Å². The normalized spacial score (nSPS) is 12.4. The fourth-order valence-electron chi connectivity index (χ4n) is 3.66. The third-order valence-corrected chi connectivity index (χ3v) is 23.6. The van der Waals surface area contributed by atoms with Gasteiger partial charge >= 0.3 is 0 Å². The molecule has 0 N–H and O–H groups in total. The van der Waals surface area contributed by atoms with Gasteiger partial charge in [-0.1, -0.05) is 85.1 Å². The van der Waals surface area contributed by atoms with Crippen LogP contribution in [0, 0.1) is 0 Å². The first-order chi connectivity index (χ1) is 13.4. The zero-order valence-electron chi connectivity index (χ0n) is 18.1. The van der Waals surface area contributed by atoms with Crippen LogP contribution in [0.5, 0.6) is 0 Å². The molecule has 2 aromatic rings. The monoisotopic (exact) mass is 418 g/mol. The van der Waals surface area contributed by atoms with Gasteiger partial charge in [0.15, 0.2) is 0 Å². The van der Waals surface area contributed by atoms with E-state index in [0.29, 0.717) is 26.8 Å². The first-order valence-corrected chi connectivity index (χ1v) is 16.7. The summed E-state index contributed by atoms with van der Waals surface area (Å²) in [4.78, 5) is 0.